The van der Waals surface area contributed by atoms with Gasteiger partial charge in [0.2, 0.25) is 17.6 Å². The molecule has 1 aliphatic heterocycles. The number of thioether (sulfide) groups is 1. The standard InChI is InChI=1S/C21H25N5O2S2/c27-20(16-29-15-17-4-1-7-22-14-17)26-11-9-25(10-12-26)8-2-6-19-23-21(24-28-19)18-5-3-13-30-18/h1,3-5,7,13-14H,2,6,8-12,15-16H2. The first kappa shape index (κ1) is 21.0. The van der Waals surface area contributed by atoms with Crippen LogP contribution in [0.25, 0.3) is 10.7 Å². The van der Waals surface area contributed by atoms with Gasteiger partial charge in [-0.05, 0) is 36.0 Å². The van der Waals surface area contributed by atoms with Crippen molar-refractivity contribution in [3.63, 3.8) is 0 Å². The SMILES string of the molecule is O=C(CSCc1cccnc1)N1CCN(CCCc2nc(-c3cccs3)no2)CC1. The number of hydrogen-bond acceptors (Lipinski definition) is 8. The van der Waals surface area contributed by atoms with Crippen LogP contribution in [0.15, 0.2) is 46.6 Å². The Kier molecular flexibility index (Phi) is 7.49. The molecule has 4 rings (SSSR count). The smallest absolute Gasteiger partial charge is 0.232 e. The molecule has 4 heterocycles. The van der Waals surface area contributed by atoms with Crippen LogP contribution in [-0.4, -0.2) is 69.3 Å². The summed E-state index contributed by atoms with van der Waals surface area (Å²) in [7, 11) is 0. The number of nitrogens with zero attached hydrogens (tertiary/aromatic N) is 5. The van der Waals surface area contributed by atoms with Gasteiger partial charge in [0.05, 0.1) is 10.6 Å². The first-order valence-corrected chi connectivity index (χ1v) is 12.1. The maximum atomic E-state index is 12.4. The van der Waals surface area contributed by atoms with Gasteiger partial charge in [0.1, 0.15) is 0 Å². The summed E-state index contributed by atoms with van der Waals surface area (Å²) in [4.78, 5) is 26.4. The molecule has 0 radical (unpaired) electrons. The van der Waals surface area contributed by atoms with E-state index in [1.807, 2.05) is 40.7 Å². The van der Waals surface area contributed by atoms with Crippen molar-refractivity contribution < 1.29 is 9.32 Å². The van der Waals surface area contributed by atoms with Gasteiger partial charge in [-0.15, -0.1) is 23.1 Å². The molecule has 0 spiro atoms. The fourth-order valence-electron chi connectivity index (χ4n) is 3.37. The average Bonchev–Trinajstić information content (AvgIpc) is 3.47. The van der Waals surface area contributed by atoms with Gasteiger partial charge < -0.3 is 9.42 Å². The van der Waals surface area contributed by atoms with Gasteiger partial charge in [0.25, 0.3) is 0 Å². The van der Waals surface area contributed by atoms with E-state index in [0.717, 1.165) is 61.8 Å². The minimum Gasteiger partial charge on any atom is -0.339 e. The Bertz CT molecular complexity index is 909. The van der Waals surface area contributed by atoms with E-state index in [0.29, 0.717) is 17.5 Å². The Labute approximate surface area is 184 Å². The first-order chi connectivity index (χ1) is 14.8. The fourth-order valence-corrected chi connectivity index (χ4v) is 4.88. The molecule has 0 aromatic carbocycles. The molecule has 30 heavy (non-hydrogen) atoms. The molecule has 3 aromatic rings. The zero-order valence-electron chi connectivity index (χ0n) is 16.8. The number of hydrogen-bond donors (Lipinski definition) is 0. The van der Waals surface area contributed by atoms with Crippen LogP contribution >= 0.6 is 23.1 Å². The van der Waals surface area contributed by atoms with E-state index in [1.54, 1.807) is 29.3 Å². The lowest BCUT2D eigenvalue weighted by atomic mass is 10.2. The monoisotopic (exact) mass is 443 g/mol. The van der Waals surface area contributed by atoms with Crippen molar-refractivity contribution in [2.24, 2.45) is 0 Å². The van der Waals surface area contributed by atoms with Crippen LogP contribution in [0.5, 0.6) is 0 Å². The summed E-state index contributed by atoms with van der Waals surface area (Å²) in [5, 5.41) is 6.07. The highest BCUT2D eigenvalue weighted by Gasteiger charge is 2.21. The van der Waals surface area contributed by atoms with Crippen LogP contribution < -0.4 is 0 Å². The number of aryl methyl sites for hydroxylation is 1. The molecule has 1 saturated heterocycles. The third-order valence-corrected chi connectivity index (χ3v) is 6.87. The Morgan fingerprint density at radius 2 is 2.10 bits per heavy atom. The summed E-state index contributed by atoms with van der Waals surface area (Å²) >= 11 is 3.27. The number of amides is 1. The van der Waals surface area contributed by atoms with Crippen molar-refractivity contribution >= 4 is 29.0 Å². The zero-order chi connectivity index (χ0) is 20.6. The van der Waals surface area contributed by atoms with E-state index in [9.17, 15) is 4.79 Å². The minimum atomic E-state index is 0.232. The average molecular weight is 444 g/mol. The van der Waals surface area contributed by atoms with Crippen molar-refractivity contribution in [1.82, 2.24) is 24.9 Å². The summed E-state index contributed by atoms with van der Waals surface area (Å²) in [6.45, 7) is 4.42. The molecule has 158 valence electrons. The van der Waals surface area contributed by atoms with Crippen LogP contribution in [-0.2, 0) is 17.0 Å². The van der Waals surface area contributed by atoms with Gasteiger partial charge in [0, 0.05) is 50.7 Å². The molecule has 0 bridgehead atoms. The van der Waals surface area contributed by atoms with Crippen LogP contribution in [0.3, 0.4) is 0 Å². The number of thiophene rings is 1. The second-order valence-corrected chi connectivity index (χ2v) is 9.10. The van der Waals surface area contributed by atoms with Crippen LogP contribution in [0, 0.1) is 0 Å². The van der Waals surface area contributed by atoms with Crippen molar-refractivity contribution in [3.05, 3.63) is 53.5 Å². The van der Waals surface area contributed by atoms with Gasteiger partial charge >= 0.3 is 0 Å². The Morgan fingerprint density at radius 1 is 1.20 bits per heavy atom. The van der Waals surface area contributed by atoms with E-state index in [-0.39, 0.29) is 5.91 Å². The van der Waals surface area contributed by atoms with Crippen molar-refractivity contribution in [2.45, 2.75) is 18.6 Å². The molecule has 3 aromatic heterocycles. The second-order valence-electron chi connectivity index (χ2n) is 7.17. The van der Waals surface area contributed by atoms with Crippen LogP contribution in [0.4, 0.5) is 0 Å². The highest BCUT2D eigenvalue weighted by Crippen LogP contribution is 2.21. The van der Waals surface area contributed by atoms with E-state index >= 15 is 0 Å². The highest BCUT2D eigenvalue weighted by molar-refractivity contribution is 7.99. The van der Waals surface area contributed by atoms with Gasteiger partial charge in [0.15, 0.2) is 0 Å². The molecule has 0 saturated carbocycles. The van der Waals surface area contributed by atoms with E-state index < -0.39 is 0 Å². The topological polar surface area (TPSA) is 75.4 Å². The summed E-state index contributed by atoms with van der Waals surface area (Å²) < 4.78 is 5.36. The van der Waals surface area contributed by atoms with Crippen molar-refractivity contribution in [2.75, 3.05) is 38.5 Å². The predicted octanol–water partition coefficient (Wildman–Crippen LogP) is 3.20. The maximum absolute atomic E-state index is 12.4. The lowest BCUT2D eigenvalue weighted by molar-refractivity contribution is -0.130. The largest absolute Gasteiger partial charge is 0.339 e. The molecule has 7 nitrogen and oxygen atoms in total. The summed E-state index contributed by atoms with van der Waals surface area (Å²) in [5.41, 5.74) is 1.16. The molecular weight excluding hydrogens is 418 g/mol. The molecule has 0 atom stereocenters. The third kappa shape index (κ3) is 5.90. The second kappa shape index (κ2) is 10.7. The molecular formula is C21H25N5O2S2. The van der Waals surface area contributed by atoms with Gasteiger partial charge in [-0.3, -0.25) is 14.7 Å². The molecule has 1 aliphatic rings. The van der Waals surface area contributed by atoms with Crippen molar-refractivity contribution in [1.29, 1.82) is 0 Å². The van der Waals surface area contributed by atoms with Crippen LogP contribution in [0.1, 0.15) is 17.9 Å². The number of carbonyl (C=O) groups is 1. The minimum absolute atomic E-state index is 0.232. The summed E-state index contributed by atoms with van der Waals surface area (Å²) in [5.74, 6) is 2.95. The molecule has 1 amide bonds. The quantitative estimate of drug-likeness (QED) is 0.503. The normalized spacial score (nSPS) is 14.9. The molecule has 9 heteroatoms. The Morgan fingerprint density at radius 3 is 2.87 bits per heavy atom. The summed E-state index contributed by atoms with van der Waals surface area (Å²) in [6, 6.07) is 7.95. The number of piperazine rings is 1. The molecule has 1 fully saturated rings. The lowest BCUT2D eigenvalue weighted by Gasteiger charge is -2.34. The predicted molar refractivity (Wildman–Crippen MR) is 119 cm³/mol. The zero-order valence-corrected chi connectivity index (χ0v) is 18.4. The number of carbonyl (C=O) groups excluding carboxylic acids is 1. The number of aromatic nitrogens is 3. The lowest BCUT2D eigenvalue weighted by Crippen LogP contribution is -2.49. The van der Waals surface area contributed by atoms with Gasteiger partial charge in [-0.2, -0.15) is 4.98 Å². The fraction of sp³-hybridized carbons (Fsp3) is 0.429. The molecule has 0 N–H and O–H groups in total. The third-order valence-electron chi connectivity index (χ3n) is 5.02. The number of pyridine rings is 1. The van der Waals surface area contributed by atoms with Gasteiger partial charge in [-0.25, -0.2) is 0 Å². The van der Waals surface area contributed by atoms with E-state index in [4.69, 9.17) is 4.52 Å². The highest BCUT2D eigenvalue weighted by atomic mass is 32.2. The Hall–Kier alpha value is -2.23. The first-order valence-electron chi connectivity index (χ1n) is 10.1. The van der Waals surface area contributed by atoms with Gasteiger partial charge in [-0.1, -0.05) is 17.3 Å². The van der Waals surface area contributed by atoms with Crippen molar-refractivity contribution in [3.8, 4) is 10.7 Å². The molecule has 0 unspecified atom stereocenters. The van der Waals surface area contributed by atoms with E-state index in [2.05, 4.69) is 20.0 Å². The molecule has 0 aliphatic carbocycles. The maximum Gasteiger partial charge on any atom is 0.232 e. The Balaban J connectivity index is 1.11. The van der Waals surface area contributed by atoms with E-state index in [1.165, 1.54) is 0 Å². The number of rotatable bonds is 9. The summed E-state index contributed by atoms with van der Waals surface area (Å²) in [6.07, 6.45) is 5.38. The van der Waals surface area contributed by atoms with Crippen LogP contribution in [0.2, 0.25) is 0 Å².